The number of rotatable bonds is 7. The maximum Gasteiger partial charge on any atom is 0.312 e. The molecule has 1 unspecified atom stereocenters. The lowest BCUT2D eigenvalue weighted by atomic mass is 9.95. The molecule has 1 atom stereocenters. The van der Waals surface area contributed by atoms with Crippen molar-refractivity contribution in [2.24, 2.45) is 5.41 Å². The Morgan fingerprint density at radius 2 is 2.15 bits per heavy atom. The fourth-order valence-electron chi connectivity index (χ4n) is 1.69. The maximum atomic E-state index is 14.0. The van der Waals surface area contributed by atoms with Gasteiger partial charge in [0, 0.05) is 17.7 Å². The lowest BCUT2D eigenvalue weighted by Crippen LogP contribution is -2.30. The number of carbonyl (C=O) groups is 1. The van der Waals surface area contributed by atoms with Crippen molar-refractivity contribution < 1.29 is 19.0 Å². The largest absolute Gasteiger partial charge is 0.492 e. The summed E-state index contributed by atoms with van der Waals surface area (Å²) >= 11 is 0. The number of nitrogens with one attached hydrogen (secondary N) is 1. The van der Waals surface area contributed by atoms with E-state index in [-0.39, 0.29) is 18.5 Å². The second-order valence-corrected chi connectivity index (χ2v) is 5.44. The molecule has 0 spiro atoms. The highest BCUT2D eigenvalue weighted by Crippen LogP contribution is 2.24. The van der Waals surface area contributed by atoms with E-state index in [2.05, 4.69) is 5.32 Å². The lowest BCUT2D eigenvalue weighted by molar-refractivity contribution is -0.148. The third kappa shape index (κ3) is 4.20. The molecule has 5 heteroatoms. The minimum atomic E-state index is -1.01. The zero-order valence-electron chi connectivity index (χ0n) is 12.4. The minimum absolute atomic E-state index is 0.0100. The first kappa shape index (κ1) is 16.4. The molecule has 0 bridgehead atoms. The quantitative estimate of drug-likeness (QED) is 0.807. The van der Waals surface area contributed by atoms with Gasteiger partial charge in [0.25, 0.3) is 0 Å². The fraction of sp³-hybridized carbons (Fsp3) is 0.533. The molecule has 0 aliphatic carbocycles. The molecule has 112 valence electrons. The maximum absolute atomic E-state index is 14.0. The first-order valence-corrected chi connectivity index (χ1v) is 6.67. The Bertz CT molecular complexity index is 474. The minimum Gasteiger partial charge on any atom is -0.492 e. The van der Waals surface area contributed by atoms with Gasteiger partial charge in [-0.3, -0.25) is 4.79 Å². The first-order chi connectivity index (χ1) is 9.27. The third-order valence-corrected chi connectivity index (χ3v) is 3.13. The number of carboxylic acids is 1. The molecule has 0 aliphatic heterocycles. The molecule has 0 aliphatic rings. The fourth-order valence-corrected chi connectivity index (χ4v) is 1.69. The summed E-state index contributed by atoms with van der Waals surface area (Å²) in [7, 11) is 0. The van der Waals surface area contributed by atoms with Crippen molar-refractivity contribution in [3.63, 3.8) is 0 Å². The van der Waals surface area contributed by atoms with Crippen molar-refractivity contribution in [2.45, 2.75) is 33.7 Å². The molecule has 0 radical (unpaired) electrons. The van der Waals surface area contributed by atoms with E-state index in [0.29, 0.717) is 11.3 Å². The van der Waals surface area contributed by atoms with Gasteiger partial charge in [-0.2, -0.15) is 0 Å². The van der Waals surface area contributed by atoms with E-state index in [1.54, 1.807) is 26.0 Å². The highest BCUT2D eigenvalue weighted by atomic mass is 19.1. The van der Waals surface area contributed by atoms with Crippen LogP contribution in [-0.2, 0) is 4.79 Å². The summed E-state index contributed by atoms with van der Waals surface area (Å²) in [6.07, 6.45) is 0. The van der Waals surface area contributed by atoms with Crippen molar-refractivity contribution in [3.8, 4) is 5.75 Å². The van der Waals surface area contributed by atoms with E-state index in [4.69, 9.17) is 9.84 Å². The smallest absolute Gasteiger partial charge is 0.312 e. The van der Waals surface area contributed by atoms with Crippen LogP contribution in [0.15, 0.2) is 18.2 Å². The van der Waals surface area contributed by atoms with Gasteiger partial charge in [0.05, 0.1) is 5.41 Å². The van der Waals surface area contributed by atoms with Gasteiger partial charge in [-0.25, -0.2) is 4.39 Å². The molecule has 0 saturated heterocycles. The van der Waals surface area contributed by atoms with Gasteiger partial charge < -0.3 is 15.2 Å². The van der Waals surface area contributed by atoms with E-state index in [0.717, 1.165) is 6.54 Å². The molecular weight excluding hydrogens is 261 g/mol. The predicted octanol–water partition coefficient (Wildman–Crippen LogP) is 2.99. The molecule has 0 heterocycles. The van der Waals surface area contributed by atoms with Crippen LogP contribution in [0.5, 0.6) is 5.75 Å². The summed E-state index contributed by atoms with van der Waals surface area (Å²) in [4.78, 5) is 11.0. The number of benzene rings is 1. The average molecular weight is 283 g/mol. The van der Waals surface area contributed by atoms with Crippen molar-refractivity contribution in [2.75, 3.05) is 13.2 Å². The number of carboxylic acid groups (broad SMARTS) is 1. The predicted molar refractivity (Wildman–Crippen MR) is 75.4 cm³/mol. The number of ether oxygens (including phenoxy) is 1. The Balaban J connectivity index is 2.75. The van der Waals surface area contributed by atoms with Crippen molar-refractivity contribution in [1.29, 1.82) is 0 Å². The van der Waals surface area contributed by atoms with Gasteiger partial charge in [0.2, 0.25) is 0 Å². The number of aliphatic carboxylic acids is 1. The van der Waals surface area contributed by atoms with Crippen LogP contribution in [0, 0.1) is 11.2 Å². The summed E-state index contributed by atoms with van der Waals surface area (Å²) in [5.74, 6) is -0.969. The summed E-state index contributed by atoms with van der Waals surface area (Å²) in [6.45, 7) is 7.71. The van der Waals surface area contributed by atoms with Crippen LogP contribution in [0.25, 0.3) is 0 Å². The summed E-state index contributed by atoms with van der Waals surface area (Å²) < 4.78 is 19.3. The third-order valence-electron chi connectivity index (χ3n) is 3.13. The lowest BCUT2D eigenvalue weighted by Gasteiger charge is -2.20. The van der Waals surface area contributed by atoms with Crippen LogP contribution >= 0.6 is 0 Å². The van der Waals surface area contributed by atoms with Crippen molar-refractivity contribution in [1.82, 2.24) is 5.32 Å². The molecular formula is C15H22FNO3. The van der Waals surface area contributed by atoms with E-state index in [1.165, 1.54) is 6.07 Å². The summed E-state index contributed by atoms with van der Waals surface area (Å²) in [5, 5.41) is 12.1. The van der Waals surface area contributed by atoms with Gasteiger partial charge in [0.1, 0.15) is 18.2 Å². The molecule has 4 nitrogen and oxygen atoms in total. The van der Waals surface area contributed by atoms with Crippen LogP contribution in [0.4, 0.5) is 4.39 Å². The molecule has 1 rings (SSSR count). The SMILES string of the molecule is CCNC(C)c1ccc(OCC(C)(C)C(=O)O)cc1F. The number of hydrogen-bond acceptors (Lipinski definition) is 3. The van der Waals surface area contributed by atoms with Crippen molar-refractivity contribution >= 4 is 5.97 Å². The van der Waals surface area contributed by atoms with E-state index >= 15 is 0 Å². The van der Waals surface area contributed by atoms with Gasteiger partial charge in [0.15, 0.2) is 0 Å². The zero-order valence-corrected chi connectivity index (χ0v) is 12.4. The number of halogens is 1. The van der Waals surface area contributed by atoms with E-state index in [9.17, 15) is 9.18 Å². The van der Waals surface area contributed by atoms with E-state index < -0.39 is 11.4 Å². The molecule has 1 aromatic rings. The summed E-state index contributed by atoms with van der Waals surface area (Å²) in [6, 6.07) is 4.53. The first-order valence-electron chi connectivity index (χ1n) is 6.67. The van der Waals surface area contributed by atoms with Gasteiger partial charge in [-0.15, -0.1) is 0 Å². The van der Waals surface area contributed by atoms with Crippen LogP contribution in [0.2, 0.25) is 0 Å². The Morgan fingerprint density at radius 1 is 1.50 bits per heavy atom. The monoisotopic (exact) mass is 283 g/mol. The standard InChI is InChI=1S/C15H22FNO3/c1-5-17-10(2)12-7-6-11(8-13(12)16)20-9-15(3,4)14(18)19/h6-8,10,17H,5,9H2,1-4H3,(H,18,19). The second kappa shape index (κ2) is 6.70. The highest BCUT2D eigenvalue weighted by molar-refractivity contribution is 5.73. The summed E-state index contributed by atoms with van der Waals surface area (Å²) in [5.41, 5.74) is -0.441. The topological polar surface area (TPSA) is 58.6 Å². The molecule has 2 N–H and O–H groups in total. The Labute approximate surface area is 119 Å². The van der Waals surface area contributed by atoms with Crippen LogP contribution in [-0.4, -0.2) is 24.2 Å². The molecule has 0 fully saturated rings. The van der Waals surface area contributed by atoms with Gasteiger partial charge in [-0.05, 0) is 33.4 Å². The Kier molecular flexibility index (Phi) is 5.51. The van der Waals surface area contributed by atoms with Crippen LogP contribution in [0.1, 0.15) is 39.3 Å². The molecule has 0 saturated carbocycles. The molecule has 0 aromatic heterocycles. The zero-order chi connectivity index (χ0) is 15.3. The molecule has 1 aromatic carbocycles. The Morgan fingerprint density at radius 3 is 2.65 bits per heavy atom. The van der Waals surface area contributed by atoms with E-state index in [1.807, 2.05) is 13.8 Å². The second-order valence-electron chi connectivity index (χ2n) is 5.44. The van der Waals surface area contributed by atoms with Gasteiger partial charge in [-0.1, -0.05) is 13.0 Å². The average Bonchev–Trinajstić information content (AvgIpc) is 2.36. The molecule has 0 amide bonds. The van der Waals surface area contributed by atoms with Crippen LogP contribution < -0.4 is 10.1 Å². The molecule has 20 heavy (non-hydrogen) atoms. The van der Waals surface area contributed by atoms with Crippen LogP contribution in [0.3, 0.4) is 0 Å². The highest BCUT2D eigenvalue weighted by Gasteiger charge is 2.28. The van der Waals surface area contributed by atoms with Gasteiger partial charge >= 0.3 is 5.97 Å². The normalized spacial score (nSPS) is 13.1. The number of hydrogen-bond donors (Lipinski definition) is 2. The van der Waals surface area contributed by atoms with Crippen molar-refractivity contribution in [3.05, 3.63) is 29.6 Å². The Hall–Kier alpha value is -1.62.